The first-order chi connectivity index (χ1) is 16.3. The number of oxazole rings is 1. The van der Waals surface area contributed by atoms with Gasteiger partial charge in [0, 0.05) is 17.3 Å². The van der Waals surface area contributed by atoms with E-state index >= 15 is 0 Å². The second kappa shape index (κ2) is 9.40. The number of benzene rings is 3. The number of phenols is 1. The lowest BCUT2D eigenvalue weighted by atomic mass is 10.1. The first kappa shape index (κ1) is 23.1. The number of carbonyl (C=O) groups is 1. The molecule has 1 aromatic heterocycles. The van der Waals surface area contributed by atoms with Crippen LogP contribution in [0.5, 0.6) is 17.2 Å². The number of methoxy groups -OCH3 is 2. The van der Waals surface area contributed by atoms with Crippen molar-refractivity contribution in [3.63, 3.8) is 0 Å². The summed E-state index contributed by atoms with van der Waals surface area (Å²) in [4.78, 5) is 17.2. The van der Waals surface area contributed by atoms with Gasteiger partial charge >= 0.3 is 0 Å². The van der Waals surface area contributed by atoms with E-state index in [0.29, 0.717) is 39.4 Å². The number of ether oxygens (including phenoxy) is 2. The molecule has 1 amide bonds. The third-order valence-electron chi connectivity index (χ3n) is 5.15. The number of fused-ring (bicyclic) bond motifs is 1. The van der Waals surface area contributed by atoms with Gasteiger partial charge in [0.15, 0.2) is 10.7 Å². The van der Waals surface area contributed by atoms with Crippen molar-refractivity contribution in [3.05, 3.63) is 65.2 Å². The minimum Gasteiger partial charge on any atom is -0.507 e. The minimum atomic E-state index is -0.432. The summed E-state index contributed by atoms with van der Waals surface area (Å²) in [6.07, 6.45) is 0. The van der Waals surface area contributed by atoms with Crippen LogP contribution < -0.4 is 20.1 Å². The highest BCUT2D eigenvalue weighted by atomic mass is 32.1. The van der Waals surface area contributed by atoms with Gasteiger partial charge in [-0.2, -0.15) is 0 Å². The summed E-state index contributed by atoms with van der Waals surface area (Å²) in [5.74, 6) is 0.817. The highest BCUT2D eigenvalue weighted by molar-refractivity contribution is 7.80. The van der Waals surface area contributed by atoms with Crippen LogP contribution in [0.15, 0.2) is 52.9 Å². The summed E-state index contributed by atoms with van der Waals surface area (Å²) in [5.41, 5.74) is 4.65. The second-order valence-electron chi connectivity index (χ2n) is 7.69. The Morgan fingerprint density at radius 2 is 1.74 bits per heavy atom. The van der Waals surface area contributed by atoms with Crippen LogP contribution in [0.25, 0.3) is 22.6 Å². The molecule has 9 heteroatoms. The molecule has 0 bridgehead atoms. The number of aryl methyl sites for hydroxylation is 2. The lowest BCUT2D eigenvalue weighted by Crippen LogP contribution is -2.34. The van der Waals surface area contributed by atoms with Crippen LogP contribution >= 0.6 is 12.2 Å². The van der Waals surface area contributed by atoms with Gasteiger partial charge in [0.25, 0.3) is 5.91 Å². The summed E-state index contributed by atoms with van der Waals surface area (Å²) in [7, 11) is 3.01. The molecule has 0 atom stereocenters. The first-order valence-electron chi connectivity index (χ1n) is 10.3. The summed E-state index contributed by atoms with van der Waals surface area (Å²) in [5, 5.41) is 16.1. The zero-order chi connectivity index (χ0) is 24.4. The fourth-order valence-corrected chi connectivity index (χ4v) is 3.76. The van der Waals surface area contributed by atoms with Crippen molar-refractivity contribution in [1.29, 1.82) is 0 Å². The Morgan fingerprint density at radius 1 is 1.03 bits per heavy atom. The number of amides is 1. The van der Waals surface area contributed by atoms with Gasteiger partial charge in [-0.1, -0.05) is 6.07 Å². The van der Waals surface area contributed by atoms with E-state index in [1.807, 2.05) is 26.0 Å². The fourth-order valence-electron chi connectivity index (χ4n) is 3.55. The zero-order valence-electron chi connectivity index (χ0n) is 19.1. The number of aromatic nitrogens is 1. The average molecular weight is 478 g/mol. The third-order valence-corrected chi connectivity index (χ3v) is 5.35. The van der Waals surface area contributed by atoms with Gasteiger partial charge in [-0.25, -0.2) is 4.98 Å². The lowest BCUT2D eigenvalue weighted by Gasteiger charge is -2.12. The molecule has 0 unspecified atom stereocenters. The lowest BCUT2D eigenvalue weighted by molar-refractivity contribution is 0.0977. The molecular formula is C25H23N3O5S. The van der Waals surface area contributed by atoms with Gasteiger partial charge in [-0.3, -0.25) is 10.1 Å². The predicted octanol–water partition coefficient (Wildman–Crippen LogP) is 4.96. The van der Waals surface area contributed by atoms with E-state index < -0.39 is 5.91 Å². The maximum atomic E-state index is 12.7. The number of anilines is 1. The zero-order valence-corrected chi connectivity index (χ0v) is 19.9. The molecule has 0 saturated heterocycles. The van der Waals surface area contributed by atoms with Crippen LogP contribution in [-0.4, -0.2) is 35.3 Å². The number of thiocarbonyl (C=S) groups is 1. The molecular weight excluding hydrogens is 454 g/mol. The molecule has 0 aliphatic heterocycles. The molecule has 0 aliphatic carbocycles. The Balaban J connectivity index is 1.54. The maximum absolute atomic E-state index is 12.7. The van der Waals surface area contributed by atoms with Crippen LogP contribution in [0.3, 0.4) is 0 Å². The van der Waals surface area contributed by atoms with E-state index in [2.05, 4.69) is 15.6 Å². The number of aromatic hydroxyl groups is 1. The van der Waals surface area contributed by atoms with Crippen LogP contribution in [0.2, 0.25) is 0 Å². The summed E-state index contributed by atoms with van der Waals surface area (Å²) in [6.45, 7) is 3.93. The Hall–Kier alpha value is -4.11. The quantitative estimate of drug-likeness (QED) is 0.274. The predicted molar refractivity (Wildman–Crippen MR) is 134 cm³/mol. The third kappa shape index (κ3) is 4.79. The molecule has 3 aromatic carbocycles. The van der Waals surface area contributed by atoms with Crippen LogP contribution in [0.1, 0.15) is 21.5 Å². The smallest absolute Gasteiger partial charge is 0.257 e. The Labute approximate surface area is 201 Å². The second-order valence-corrected chi connectivity index (χ2v) is 8.10. The van der Waals surface area contributed by atoms with Gasteiger partial charge in [0.05, 0.1) is 19.8 Å². The normalized spacial score (nSPS) is 10.7. The number of rotatable bonds is 5. The largest absolute Gasteiger partial charge is 0.507 e. The SMILES string of the molecule is COc1cc(OC)cc(C(=O)NC(=S)Nc2ccc(O)c(-c3nc4cc(C)cc(C)c4o3)c2)c1. The summed E-state index contributed by atoms with van der Waals surface area (Å²) in [6, 6.07) is 13.5. The molecule has 0 radical (unpaired) electrons. The van der Waals surface area contributed by atoms with Crippen molar-refractivity contribution < 1.29 is 23.8 Å². The number of hydrogen-bond donors (Lipinski definition) is 3. The van der Waals surface area contributed by atoms with Crippen molar-refractivity contribution in [1.82, 2.24) is 10.3 Å². The number of nitrogens with one attached hydrogen (secondary N) is 2. The molecule has 3 N–H and O–H groups in total. The van der Waals surface area contributed by atoms with Crippen molar-refractivity contribution in [2.24, 2.45) is 0 Å². The molecule has 0 saturated carbocycles. The maximum Gasteiger partial charge on any atom is 0.257 e. The molecule has 4 aromatic rings. The molecule has 8 nitrogen and oxygen atoms in total. The van der Waals surface area contributed by atoms with Crippen molar-refractivity contribution in [2.75, 3.05) is 19.5 Å². The van der Waals surface area contributed by atoms with Crippen molar-refractivity contribution in [3.8, 4) is 28.7 Å². The van der Waals surface area contributed by atoms with Crippen molar-refractivity contribution in [2.45, 2.75) is 13.8 Å². The number of nitrogens with zero attached hydrogens (tertiary/aromatic N) is 1. The highest BCUT2D eigenvalue weighted by Gasteiger charge is 2.16. The fraction of sp³-hybridized carbons (Fsp3) is 0.160. The van der Waals surface area contributed by atoms with E-state index in [4.69, 9.17) is 26.1 Å². The molecule has 4 rings (SSSR count). The Kier molecular flexibility index (Phi) is 6.38. The molecule has 0 aliphatic rings. The van der Waals surface area contributed by atoms with Gasteiger partial charge in [-0.15, -0.1) is 0 Å². The average Bonchev–Trinajstić information content (AvgIpc) is 3.24. The molecule has 174 valence electrons. The van der Waals surface area contributed by atoms with Gasteiger partial charge in [0.1, 0.15) is 22.8 Å². The van der Waals surface area contributed by atoms with E-state index in [-0.39, 0.29) is 16.8 Å². The molecule has 0 spiro atoms. The number of phenolic OH excluding ortho intramolecular Hbond substituents is 1. The monoisotopic (exact) mass is 477 g/mol. The molecule has 34 heavy (non-hydrogen) atoms. The Morgan fingerprint density at radius 3 is 2.41 bits per heavy atom. The standard InChI is InChI=1S/C25H23N3O5S/c1-13-7-14(2)22-20(8-13)27-24(33-22)19-11-16(5-6-21(19)29)26-25(34)28-23(30)15-9-17(31-3)12-18(10-15)32-4/h5-12,29H,1-4H3,(H2,26,28,30,34). The summed E-state index contributed by atoms with van der Waals surface area (Å²) >= 11 is 5.30. The van der Waals surface area contributed by atoms with Crippen LogP contribution in [0.4, 0.5) is 5.69 Å². The van der Waals surface area contributed by atoms with E-state index in [9.17, 15) is 9.90 Å². The number of hydrogen-bond acceptors (Lipinski definition) is 7. The summed E-state index contributed by atoms with van der Waals surface area (Å²) < 4.78 is 16.3. The van der Waals surface area contributed by atoms with E-state index in [1.54, 1.807) is 30.3 Å². The first-order valence-corrected chi connectivity index (χ1v) is 10.7. The molecule has 0 fully saturated rings. The van der Waals surface area contributed by atoms with Gasteiger partial charge < -0.3 is 24.3 Å². The van der Waals surface area contributed by atoms with E-state index in [0.717, 1.165) is 11.1 Å². The van der Waals surface area contributed by atoms with E-state index in [1.165, 1.54) is 20.3 Å². The van der Waals surface area contributed by atoms with Gasteiger partial charge in [-0.05, 0) is 73.6 Å². The van der Waals surface area contributed by atoms with Crippen LogP contribution in [-0.2, 0) is 0 Å². The van der Waals surface area contributed by atoms with Gasteiger partial charge in [0.2, 0.25) is 5.89 Å². The topological polar surface area (TPSA) is 106 Å². The van der Waals surface area contributed by atoms with Crippen molar-refractivity contribution >= 4 is 40.0 Å². The Bertz CT molecular complexity index is 1390. The number of carbonyl (C=O) groups excluding carboxylic acids is 1. The molecule has 1 heterocycles. The highest BCUT2D eigenvalue weighted by Crippen LogP contribution is 2.34. The van der Waals surface area contributed by atoms with Crippen LogP contribution in [0, 0.1) is 13.8 Å². The minimum absolute atomic E-state index is 0.00455.